The van der Waals surface area contributed by atoms with Crippen molar-refractivity contribution in [1.82, 2.24) is 5.32 Å². The third-order valence-corrected chi connectivity index (χ3v) is 2.80. The van der Waals surface area contributed by atoms with E-state index in [1.54, 1.807) is 0 Å². The second kappa shape index (κ2) is 4.63. The lowest BCUT2D eigenvalue weighted by atomic mass is 9.99. The van der Waals surface area contributed by atoms with Gasteiger partial charge in [0.15, 0.2) is 0 Å². The number of carbonyl (C=O) groups excluding carboxylic acids is 1. The number of hydrogen-bond donors (Lipinski definition) is 2. The zero-order valence-electron chi connectivity index (χ0n) is 9.11. The van der Waals surface area contributed by atoms with Crippen molar-refractivity contribution in [2.45, 2.75) is 18.5 Å². The highest BCUT2D eigenvalue weighted by Crippen LogP contribution is 2.15. The Morgan fingerprint density at radius 1 is 1.44 bits per heavy atom. The molecule has 1 saturated heterocycles. The predicted molar refractivity (Wildman–Crippen MR) is 60.6 cm³/mol. The Kier molecular flexibility index (Phi) is 3.22. The minimum atomic E-state index is -0.839. The molecule has 0 radical (unpaired) electrons. The van der Waals surface area contributed by atoms with Gasteiger partial charge in [0.25, 0.3) is 0 Å². The van der Waals surface area contributed by atoms with E-state index < -0.39 is 5.54 Å². The topological polar surface area (TPSA) is 64.4 Å². The van der Waals surface area contributed by atoms with Crippen LogP contribution in [0.3, 0.4) is 0 Å². The van der Waals surface area contributed by atoms with Crippen LogP contribution in [0.15, 0.2) is 30.3 Å². The Bertz CT molecular complexity index is 359. The van der Waals surface area contributed by atoms with Crippen LogP contribution in [0, 0.1) is 0 Å². The Balaban J connectivity index is 1.89. The zero-order valence-corrected chi connectivity index (χ0v) is 9.11. The monoisotopic (exact) mass is 220 g/mol. The van der Waals surface area contributed by atoms with Crippen LogP contribution in [0.4, 0.5) is 0 Å². The fourth-order valence-corrected chi connectivity index (χ4v) is 1.71. The zero-order chi connectivity index (χ0) is 11.4. The summed E-state index contributed by atoms with van der Waals surface area (Å²) in [5, 5.41) is 2.84. The molecule has 0 aliphatic carbocycles. The quantitative estimate of drug-likeness (QED) is 0.776. The summed E-state index contributed by atoms with van der Waals surface area (Å²) < 4.78 is 5.15. The van der Waals surface area contributed by atoms with Crippen molar-refractivity contribution < 1.29 is 9.53 Å². The first kappa shape index (κ1) is 11.1. The van der Waals surface area contributed by atoms with Crippen LogP contribution >= 0.6 is 0 Å². The number of ether oxygens (including phenoxy) is 1. The van der Waals surface area contributed by atoms with Gasteiger partial charge in [-0.3, -0.25) is 4.79 Å². The van der Waals surface area contributed by atoms with Crippen molar-refractivity contribution in [3.63, 3.8) is 0 Å². The fourth-order valence-electron chi connectivity index (χ4n) is 1.71. The number of benzene rings is 1. The standard InChI is InChI=1S/C12H16N2O2/c13-12(6-7-16-9-12)11(15)14-8-10-4-2-1-3-5-10/h1-5H,6-9,13H2,(H,14,15). The summed E-state index contributed by atoms with van der Waals surface area (Å²) in [4.78, 5) is 11.8. The van der Waals surface area contributed by atoms with Gasteiger partial charge in [-0.1, -0.05) is 30.3 Å². The molecule has 3 N–H and O–H groups in total. The van der Waals surface area contributed by atoms with Gasteiger partial charge in [0.05, 0.1) is 6.61 Å². The largest absolute Gasteiger partial charge is 0.379 e. The molecular weight excluding hydrogens is 204 g/mol. The molecule has 1 heterocycles. The van der Waals surface area contributed by atoms with Crippen LogP contribution in [0.25, 0.3) is 0 Å². The van der Waals surface area contributed by atoms with E-state index in [0.29, 0.717) is 26.2 Å². The highest BCUT2D eigenvalue weighted by atomic mass is 16.5. The third-order valence-electron chi connectivity index (χ3n) is 2.80. The van der Waals surface area contributed by atoms with Crippen LogP contribution in [0.1, 0.15) is 12.0 Å². The maximum absolute atomic E-state index is 11.8. The van der Waals surface area contributed by atoms with Gasteiger partial charge in [-0.2, -0.15) is 0 Å². The van der Waals surface area contributed by atoms with Gasteiger partial charge in [0.1, 0.15) is 5.54 Å². The van der Waals surface area contributed by atoms with Crippen molar-refractivity contribution in [3.8, 4) is 0 Å². The Morgan fingerprint density at radius 2 is 2.19 bits per heavy atom. The lowest BCUT2D eigenvalue weighted by Crippen LogP contribution is -2.54. The summed E-state index contributed by atoms with van der Waals surface area (Å²) in [5.41, 5.74) is 6.16. The second-order valence-corrected chi connectivity index (χ2v) is 4.13. The number of hydrogen-bond acceptors (Lipinski definition) is 3. The van der Waals surface area contributed by atoms with Gasteiger partial charge in [-0.15, -0.1) is 0 Å². The summed E-state index contributed by atoms with van der Waals surface area (Å²) in [6.07, 6.45) is 0.591. The average Bonchev–Trinajstić information content (AvgIpc) is 2.76. The van der Waals surface area contributed by atoms with Crippen LogP contribution < -0.4 is 11.1 Å². The number of amides is 1. The first-order chi connectivity index (χ1) is 7.71. The molecule has 1 aliphatic rings. The van der Waals surface area contributed by atoms with Crippen molar-refractivity contribution in [2.24, 2.45) is 5.73 Å². The Morgan fingerprint density at radius 3 is 2.81 bits per heavy atom. The summed E-state index contributed by atoms with van der Waals surface area (Å²) >= 11 is 0. The van der Waals surface area contributed by atoms with Gasteiger partial charge in [-0.25, -0.2) is 0 Å². The van der Waals surface area contributed by atoms with E-state index in [0.717, 1.165) is 5.56 Å². The van der Waals surface area contributed by atoms with Crippen LogP contribution in [-0.2, 0) is 16.1 Å². The number of carbonyl (C=O) groups is 1. The molecule has 1 aromatic rings. The molecule has 1 amide bonds. The van der Waals surface area contributed by atoms with Crippen LogP contribution in [-0.4, -0.2) is 24.7 Å². The van der Waals surface area contributed by atoms with Crippen LogP contribution in [0.5, 0.6) is 0 Å². The molecule has 0 saturated carbocycles. The molecular formula is C12H16N2O2. The Hall–Kier alpha value is -1.39. The lowest BCUT2D eigenvalue weighted by molar-refractivity contribution is -0.126. The molecule has 2 rings (SSSR count). The maximum Gasteiger partial charge on any atom is 0.242 e. The summed E-state index contributed by atoms with van der Waals surface area (Å²) in [5.74, 6) is -0.131. The first-order valence-electron chi connectivity index (χ1n) is 5.40. The van der Waals surface area contributed by atoms with Gasteiger partial charge >= 0.3 is 0 Å². The van der Waals surface area contributed by atoms with E-state index in [4.69, 9.17) is 10.5 Å². The molecule has 86 valence electrons. The number of nitrogens with one attached hydrogen (secondary N) is 1. The maximum atomic E-state index is 11.8. The SMILES string of the molecule is NC1(C(=O)NCc2ccccc2)CCOC1. The predicted octanol–water partition coefficient (Wildman–Crippen LogP) is 0.421. The van der Waals surface area contributed by atoms with E-state index in [-0.39, 0.29) is 5.91 Å². The molecule has 1 aliphatic heterocycles. The molecule has 0 bridgehead atoms. The third kappa shape index (κ3) is 2.40. The summed E-state index contributed by atoms with van der Waals surface area (Å²) in [6.45, 7) is 1.39. The van der Waals surface area contributed by atoms with Crippen molar-refractivity contribution in [3.05, 3.63) is 35.9 Å². The van der Waals surface area contributed by atoms with E-state index in [1.807, 2.05) is 30.3 Å². The lowest BCUT2D eigenvalue weighted by Gasteiger charge is -2.20. The van der Waals surface area contributed by atoms with Gasteiger partial charge in [0, 0.05) is 13.2 Å². The highest BCUT2D eigenvalue weighted by molar-refractivity contribution is 5.86. The van der Waals surface area contributed by atoms with E-state index >= 15 is 0 Å². The fraction of sp³-hybridized carbons (Fsp3) is 0.417. The normalized spacial score (nSPS) is 24.3. The molecule has 0 aromatic heterocycles. The van der Waals surface area contributed by atoms with E-state index in [9.17, 15) is 4.79 Å². The molecule has 4 heteroatoms. The van der Waals surface area contributed by atoms with Crippen molar-refractivity contribution in [2.75, 3.05) is 13.2 Å². The highest BCUT2D eigenvalue weighted by Gasteiger charge is 2.37. The average molecular weight is 220 g/mol. The molecule has 16 heavy (non-hydrogen) atoms. The summed E-state index contributed by atoms with van der Waals surface area (Å²) in [7, 11) is 0. The molecule has 4 nitrogen and oxygen atoms in total. The van der Waals surface area contributed by atoms with E-state index in [2.05, 4.69) is 5.32 Å². The Labute approximate surface area is 94.8 Å². The van der Waals surface area contributed by atoms with Gasteiger partial charge in [0.2, 0.25) is 5.91 Å². The molecule has 0 spiro atoms. The summed E-state index contributed by atoms with van der Waals surface area (Å²) in [6, 6.07) is 9.76. The molecule has 1 unspecified atom stereocenters. The molecule has 1 aromatic carbocycles. The smallest absolute Gasteiger partial charge is 0.242 e. The second-order valence-electron chi connectivity index (χ2n) is 4.13. The minimum Gasteiger partial charge on any atom is -0.379 e. The molecule has 1 atom stereocenters. The van der Waals surface area contributed by atoms with Crippen molar-refractivity contribution >= 4 is 5.91 Å². The van der Waals surface area contributed by atoms with Gasteiger partial charge < -0.3 is 15.8 Å². The minimum absolute atomic E-state index is 0.131. The molecule has 1 fully saturated rings. The van der Waals surface area contributed by atoms with E-state index in [1.165, 1.54) is 0 Å². The van der Waals surface area contributed by atoms with Crippen molar-refractivity contribution in [1.29, 1.82) is 0 Å². The number of rotatable bonds is 3. The number of nitrogens with two attached hydrogens (primary N) is 1. The van der Waals surface area contributed by atoms with Crippen LogP contribution in [0.2, 0.25) is 0 Å². The van der Waals surface area contributed by atoms with Gasteiger partial charge in [-0.05, 0) is 12.0 Å². The first-order valence-corrected chi connectivity index (χ1v) is 5.40.